The Morgan fingerprint density at radius 1 is 1.19 bits per heavy atom. The van der Waals surface area contributed by atoms with Crippen LogP contribution in [-0.2, 0) is 10.0 Å². The molecule has 0 radical (unpaired) electrons. The third-order valence-corrected chi connectivity index (χ3v) is 5.93. The fourth-order valence-electron chi connectivity index (χ4n) is 2.17. The van der Waals surface area contributed by atoms with Crippen LogP contribution < -0.4 is 0 Å². The van der Waals surface area contributed by atoms with Crippen molar-refractivity contribution in [2.75, 3.05) is 13.1 Å². The van der Waals surface area contributed by atoms with Crippen LogP contribution in [0.2, 0.25) is 5.02 Å². The molecule has 1 heterocycles. The number of hydrogen-bond donors (Lipinski definition) is 1. The van der Waals surface area contributed by atoms with E-state index in [0.29, 0.717) is 0 Å². The van der Waals surface area contributed by atoms with Crippen LogP contribution in [-0.4, -0.2) is 42.7 Å². The van der Waals surface area contributed by atoms with E-state index in [1.165, 1.54) is 18.2 Å². The van der Waals surface area contributed by atoms with Crippen molar-refractivity contribution in [2.24, 2.45) is 0 Å². The highest BCUT2D eigenvalue weighted by molar-refractivity contribution is 7.89. The number of piperidine rings is 1. The Balaban J connectivity index is 2.21. The van der Waals surface area contributed by atoms with Gasteiger partial charge in [-0.05, 0) is 25.0 Å². The van der Waals surface area contributed by atoms with E-state index in [1.54, 1.807) is 6.07 Å². The van der Waals surface area contributed by atoms with Crippen LogP contribution in [0.1, 0.15) is 12.8 Å². The van der Waals surface area contributed by atoms with Crippen molar-refractivity contribution >= 4 is 21.6 Å². The molecule has 0 amide bonds. The maximum Gasteiger partial charge on any atom is 0.417 e. The molecule has 0 bridgehead atoms. The van der Waals surface area contributed by atoms with E-state index in [-0.39, 0.29) is 9.92 Å². The van der Waals surface area contributed by atoms with Crippen LogP contribution in [0, 0.1) is 0 Å². The predicted molar refractivity (Wildman–Crippen MR) is 70.4 cm³/mol. The van der Waals surface area contributed by atoms with E-state index >= 15 is 0 Å². The molecule has 0 saturated carbocycles. The number of benzene rings is 1. The molecule has 0 aliphatic carbocycles. The van der Waals surface area contributed by atoms with Gasteiger partial charge < -0.3 is 5.11 Å². The highest BCUT2D eigenvalue weighted by Crippen LogP contribution is 2.39. The van der Waals surface area contributed by atoms with Crippen molar-refractivity contribution in [3.8, 4) is 0 Å². The fraction of sp³-hybridized carbons (Fsp3) is 0.500. The first-order valence-electron chi connectivity index (χ1n) is 6.12. The molecule has 1 aliphatic heterocycles. The lowest BCUT2D eigenvalue weighted by Crippen LogP contribution is -2.54. The van der Waals surface area contributed by atoms with Crippen molar-refractivity contribution in [1.29, 1.82) is 0 Å². The number of halogens is 4. The number of alkyl halides is 3. The van der Waals surface area contributed by atoms with Gasteiger partial charge in [-0.2, -0.15) is 17.5 Å². The van der Waals surface area contributed by atoms with E-state index in [0.717, 1.165) is 4.31 Å². The summed E-state index contributed by atoms with van der Waals surface area (Å²) in [5, 5.41) is 9.55. The minimum absolute atomic E-state index is 0.00848. The Labute approximate surface area is 125 Å². The van der Waals surface area contributed by atoms with Crippen LogP contribution in [0.3, 0.4) is 0 Å². The molecule has 21 heavy (non-hydrogen) atoms. The van der Waals surface area contributed by atoms with Gasteiger partial charge in [-0.25, -0.2) is 8.42 Å². The Hall–Kier alpha value is -0.830. The van der Waals surface area contributed by atoms with E-state index in [2.05, 4.69) is 0 Å². The van der Waals surface area contributed by atoms with Gasteiger partial charge in [0.2, 0.25) is 10.0 Å². The number of nitrogens with zero attached hydrogens (tertiary/aromatic N) is 1. The summed E-state index contributed by atoms with van der Waals surface area (Å²) in [5.74, 6) is 0. The molecule has 1 saturated heterocycles. The molecule has 1 aromatic carbocycles. The lowest BCUT2D eigenvalue weighted by Gasteiger charge is -2.38. The third-order valence-electron chi connectivity index (χ3n) is 3.53. The quantitative estimate of drug-likeness (QED) is 0.897. The summed E-state index contributed by atoms with van der Waals surface area (Å²) in [5.41, 5.74) is -2.83. The number of sulfonamides is 1. The van der Waals surface area contributed by atoms with Crippen LogP contribution in [0.5, 0.6) is 0 Å². The van der Waals surface area contributed by atoms with Crippen LogP contribution >= 0.6 is 11.6 Å². The van der Waals surface area contributed by atoms with Crippen LogP contribution in [0.25, 0.3) is 0 Å². The molecule has 9 heteroatoms. The summed E-state index contributed by atoms with van der Waals surface area (Å²) in [4.78, 5) is -0.149. The normalized spacial score (nSPS) is 20.4. The third kappa shape index (κ3) is 3.03. The van der Waals surface area contributed by atoms with Crippen molar-refractivity contribution < 1.29 is 26.7 Å². The largest absolute Gasteiger partial charge is 0.417 e. The second-order valence-electron chi connectivity index (χ2n) is 4.86. The van der Waals surface area contributed by atoms with Crippen molar-refractivity contribution in [2.45, 2.75) is 29.5 Å². The maximum absolute atomic E-state index is 12.7. The molecular formula is C12H13ClF3NO3S. The Morgan fingerprint density at radius 3 is 2.19 bits per heavy atom. The SMILES string of the molecule is O=S(=O)(c1ccccc1Cl)N1CCC(O)(C(F)(F)F)CC1. The summed E-state index contributed by atoms with van der Waals surface area (Å²) in [6.45, 7) is -0.826. The average Bonchev–Trinajstić information content (AvgIpc) is 2.38. The number of aliphatic hydroxyl groups is 1. The van der Waals surface area contributed by atoms with Crippen molar-refractivity contribution in [3.63, 3.8) is 0 Å². The smallest absolute Gasteiger partial charge is 0.380 e. The van der Waals surface area contributed by atoms with E-state index < -0.39 is 47.7 Å². The van der Waals surface area contributed by atoms with Gasteiger partial charge in [0.15, 0.2) is 5.60 Å². The summed E-state index contributed by atoms with van der Waals surface area (Å²) in [6.07, 6.45) is -6.16. The zero-order valence-electron chi connectivity index (χ0n) is 10.8. The number of hydrogen-bond acceptors (Lipinski definition) is 3. The van der Waals surface area contributed by atoms with Crippen molar-refractivity contribution in [1.82, 2.24) is 4.31 Å². The first kappa shape index (κ1) is 16.5. The highest BCUT2D eigenvalue weighted by Gasteiger charge is 2.55. The molecule has 1 aromatic rings. The molecule has 0 aromatic heterocycles. The molecule has 0 spiro atoms. The molecule has 118 valence electrons. The van der Waals surface area contributed by atoms with Crippen molar-refractivity contribution in [3.05, 3.63) is 29.3 Å². The zero-order valence-corrected chi connectivity index (χ0v) is 12.3. The minimum atomic E-state index is -4.77. The molecule has 1 aliphatic rings. The zero-order chi connectivity index (χ0) is 15.9. The van der Waals surface area contributed by atoms with Gasteiger partial charge in [-0.3, -0.25) is 0 Å². The summed E-state index contributed by atoms with van der Waals surface area (Å²) < 4.78 is 63.7. The van der Waals surface area contributed by atoms with Gasteiger partial charge in [0, 0.05) is 13.1 Å². The van der Waals surface area contributed by atoms with Gasteiger partial charge in [0.1, 0.15) is 4.90 Å². The minimum Gasteiger partial charge on any atom is -0.380 e. The lowest BCUT2D eigenvalue weighted by molar-refractivity contribution is -0.270. The fourth-order valence-corrected chi connectivity index (χ4v) is 4.11. The molecule has 1 N–H and O–H groups in total. The Morgan fingerprint density at radius 2 is 1.71 bits per heavy atom. The van der Waals surface area contributed by atoms with Crippen LogP contribution in [0.15, 0.2) is 29.2 Å². The molecule has 0 unspecified atom stereocenters. The molecule has 2 rings (SSSR count). The topological polar surface area (TPSA) is 57.6 Å². The Kier molecular flexibility index (Phi) is 4.27. The van der Waals surface area contributed by atoms with Crippen LogP contribution in [0.4, 0.5) is 13.2 Å². The second kappa shape index (κ2) is 5.42. The monoisotopic (exact) mass is 343 g/mol. The summed E-state index contributed by atoms with van der Waals surface area (Å²) in [7, 11) is -3.97. The van der Waals surface area contributed by atoms with E-state index in [9.17, 15) is 26.7 Å². The summed E-state index contributed by atoms with van der Waals surface area (Å²) in [6, 6.07) is 5.72. The lowest BCUT2D eigenvalue weighted by atomic mass is 9.92. The Bertz CT molecular complexity index is 625. The molecule has 1 fully saturated rings. The van der Waals surface area contributed by atoms with Gasteiger partial charge >= 0.3 is 6.18 Å². The maximum atomic E-state index is 12.7. The first-order valence-corrected chi connectivity index (χ1v) is 7.93. The standard InChI is InChI=1S/C12H13ClF3NO3S/c13-9-3-1-2-4-10(9)21(19,20)17-7-5-11(18,6-8-17)12(14,15)16/h1-4,18H,5-8H2. The first-order chi connectivity index (χ1) is 9.58. The second-order valence-corrected chi connectivity index (χ2v) is 7.18. The average molecular weight is 344 g/mol. The summed E-state index contributed by atoms with van der Waals surface area (Å²) >= 11 is 5.82. The van der Waals surface area contributed by atoms with Gasteiger partial charge in [-0.15, -0.1) is 0 Å². The van der Waals surface area contributed by atoms with Gasteiger partial charge in [0.05, 0.1) is 5.02 Å². The predicted octanol–water partition coefficient (Wildman–Crippen LogP) is 2.42. The number of rotatable bonds is 2. The van der Waals surface area contributed by atoms with Gasteiger partial charge in [0.25, 0.3) is 0 Å². The molecule has 4 nitrogen and oxygen atoms in total. The highest BCUT2D eigenvalue weighted by atomic mass is 35.5. The van der Waals surface area contributed by atoms with Gasteiger partial charge in [-0.1, -0.05) is 23.7 Å². The molecule has 0 atom stereocenters. The van der Waals surface area contributed by atoms with E-state index in [4.69, 9.17) is 11.6 Å². The molecular weight excluding hydrogens is 331 g/mol. The van der Waals surface area contributed by atoms with E-state index in [1.807, 2.05) is 0 Å².